The van der Waals surface area contributed by atoms with E-state index in [1.165, 1.54) is 12.1 Å². The maximum atomic E-state index is 12.4. The Morgan fingerprint density at radius 1 is 1.25 bits per heavy atom. The third-order valence-electron chi connectivity index (χ3n) is 4.84. The lowest BCUT2D eigenvalue weighted by Crippen LogP contribution is -2.43. The van der Waals surface area contributed by atoms with Gasteiger partial charge in [0.15, 0.2) is 0 Å². The number of rotatable bonds is 5. The van der Waals surface area contributed by atoms with Gasteiger partial charge >= 0.3 is 0 Å². The zero-order valence-corrected chi connectivity index (χ0v) is 13.2. The van der Waals surface area contributed by atoms with Crippen molar-refractivity contribution in [3.63, 3.8) is 0 Å². The summed E-state index contributed by atoms with van der Waals surface area (Å²) in [7, 11) is 0. The second-order valence-electron chi connectivity index (χ2n) is 6.05. The summed E-state index contributed by atoms with van der Waals surface area (Å²) in [5.41, 5.74) is 2.27. The molecule has 0 atom stereocenters. The highest BCUT2D eigenvalue weighted by Gasteiger charge is 2.26. The van der Waals surface area contributed by atoms with Crippen molar-refractivity contribution < 1.29 is 4.79 Å². The number of carbonyl (C=O) groups is 1. The van der Waals surface area contributed by atoms with E-state index in [-0.39, 0.29) is 5.91 Å². The average molecular weight is 279 g/mol. The van der Waals surface area contributed by atoms with Crippen LogP contribution < -0.4 is 5.32 Å². The summed E-state index contributed by atoms with van der Waals surface area (Å²) in [5, 5.41) is 3.21. The van der Waals surface area contributed by atoms with E-state index in [0.29, 0.717) is 0 Å². The third-order valence-corrected chi connectivity index (χ3v) is 4.84. The summed E-state index contributed by atoms with van der Waals surface area (Å²) in [6, 6.07) is 0. The van der Waals surface area contributed by atoms with E-state index >= 15 is 0 Å². The van der Waals surface area contributed by atoms with Crippen LogP contribution in [0.3, 0.4) is 0 Å². The summed E-state index contributed by atoms with van der Waals surface area (Å²) < 4.78 is 0. The van der Waals surface area contributed by atoms with E-state index in [4.69, 9.17) is 0 Å². The largest absolute Gasteiger partial charge is 0.339 e. The first kappa shape index (κ1) is 15.5. The van der Waals surface area contributed by atoms with Crippen molar-refractivity contribution in [3.8, 4) is 0 Å². The Kier molecular flexibility index (Phi) is 5.61. The number of hydrogen-bond acceptors (Lipinski definition) is 3. The molecule has 0 aromatic carbocycles. The average Bonchev–Trinajstić information content (AvgIpc) is 2.42. The molecule has 1 amide bonds. The van der Waals surface area contributed by atoms with Crippen LogP contribution in [0.2, 0.25) is 0 Å². The van der Waals surface area contributed by atoms with Crippen molar-refractivity contribution >= 4 is 5.91 Å². The molecule has 0 aromatic heterocycles. The lowest BCUT2D eigenvalue weighted by molar-refractivity contribution is -0.128. The predicted octanol–water partition coefficient (Wildman–Crippen LogP) is 1.49. The molecule has 0 saturated carbocycles. The van der Waals surface area contributed by atoms with Crippen molar-refractivity contribution in [2.75, 3.05) is 45.8 Å². The number of piperidine rings is 1. The van der Waals surface area contributed by atoms with Gasteiger partial charge in [-0.25, -0.2) is 0 Å². The van der Waals surface area contributed by atoms with Crippen LogP contribution in [-0.4, -0.2) is 61.5 Å². The lowest BCUT2D eigenvalue weighted by atomic mass is 9.95. The number of likely N-dealkylation sites (tertiary alicyclic amines) is 1. The molecule has 2 aliphatic rings. The van der Waals surface area contributed by atoms with Crippen LogP contribution >= 0.6 is 0 Å². The van der Waals surface area contributed by atoms with Crippen LogP contribution in [0.1, 0.15) is 33.6 Å². The lowest BCUT2D eigenvalue weighted by Gasteiger charge is -2.35. The Bertz CT molecular complexity index is 360. The van der Waals surface area contributed by atoms with Gasteiger partial charge in [0.1, 0.15) is 0 Å². The van der Waals surface area contributed by atoms with Crippen LogP contribution in [0.25, 0.3) is 0 Å². The molecule has 2 heterocycles. The summed E-state index contributed by atoms with van der Waals surface area (Å²) >= 11 is 0. The summed E-state index contributed by atoms with van der Waals surface area (Å²) in [4.78, 5) is 17.0. The fraction of sp³-hybridized carbons (Fsp3) is 0.812. The van der Waals surface area contributed by atoms with Crippen molar-refractivity contribution in [3.05, 3.63) is 11.1 Å². The molecule has 0 aromatic rings. The molecular formula is C16H29N3O. The highest BCUT2D eigenvalue weighted by atomic mass is 16.2. The molecule has 20 heavy (non-hydrogen) atoms. The molecule has 2 aliphatic heterocycles. The van der Waals surface area contributed by atoms with E-state index in [9.17, 15) is 4.79 Å². The number of carbonyl (C=O) groups excluding carboxylic acids is 1. The van der Waals surface area contributed by atoms with Crippen molar-refractivity contribution in [2.24, 2.45) is 5.92 Å². The molecule has 114 valence electrons. The smallest absolute Gasteiger partial charge is 0.249 e. The minimum atomic E-state index is 0.266. The molecule has 0 radical (unpaired) electrons. The number of hydrogen-bond donors (Lipinski definition) is 1. The van der Waals surface area contributed by atoms with Crippen LogP contribution in [0.5, 0.6) is 0 Å². The van der Waals surface area contributed by atoms with Gasteiger partial charge in [0, 0.05) is 38.3 Å². The normalized spacial score (nSPS) is 20.2. The molecule has 2 rings (SSSR count). The van der Waals surface area contributed by atoms with Crippen LogP contribution in [-0.2, 0) is 4.79 Å². The van der Waals surface area contributed by atoms with E-state index in [1.807, 2.05) is 6.92 Å². The molecule has 2 fully saturated rings. The van der Waals surface area contributed by atoms with Crippen LogP contribution in [0, 0.1) is 5.92 Å². The maximum Gasteiger partial charge on any atom is 0.249 e. The number of amides is 1. The fourth-order valence-electron chi connectivity index (χ4n) is 3.07. The molecule has 4 heteroatoms. The molecule has 0 unspecified atom stereocenters. The maximum absolute atomic E-state index is 12.4. The molecule has 0 aliphatic carbocycles. The molecule has 1 N–H and O–H groups in total. The summed E-state index contributed by atoms with van der Waals surface area (Å²) in [6.07, 6.45) is 2.31. The standard InChI is InChI=1S/C16H29N3O/c1-4-18(5-2)12-14-6-8-19(9-7-14)16(20)13(3)15-10-17-11-15/h14,17H,4-12H2,1-3H3. The van der Waals surface area contributed by atoms with Crippen LogP contribution in [0.4, 0.5) is 0 Å². The third kappa shape index (κ3) is 3.61. The quantitative estimate of drug-likeness (QED) is 0.775. The van der Waals surface area contributed by atoms with Crippen LogP contribution in [0.15, 0.2) is 11.1 Å². The molecule has 4 nitrogen and oxygen atoms in total. The van der Waals surface area contributed by atoms with E-state index in [0.717, 1.165) is 63.6 Å². The topological polar surface area (TPSA) is 35.6 Å². The second-order valence-corrected chi connectivity index (χ2v) is 6.05. The minimum Gasteiger partial charge on any atom is -0.339 e. The van der Waals surface area contributed by atoms with Gasteiger partial charge in [0.25, 0.3) is 0 Å². The van der Waals surface area contributed by atoms with Gasteiger partial charge in [-0.2, -0.15) is 0 Å². The first-order valence-electron chi connectivity index (χ1n) is 8.06. The highest BCUT2D eigenvalue weighted by Crippen LogP contribution is 2.21. The monoisotopic (exact) mass is 279 g/mol. The Morgan fingerprint density at radius 2 is 1.85 bits per heavy atom. The Morgan fingerprint density at radius 3 is 2.30 bits per heavy atom. The number of nitrogens with one attached hydrogen (secondary N) is 1. The van der Waals surface area contributed by atoms with Gasteiger partial charge in [0.05, 0.1) is 0 Å². The SMILES string of the molecule is CCN(CC)CC1CCN(C(=O)C(C)=C2CNC2)CC1. The summed E-state index contributed by atoms with van der Waals surface area (Å²) in [5.74, 6) is 1.03. The van der Waals surface area contributed by atoms with Gasteiger partial charge in [-0.1, -0.05) is 13.8 Å². The molecule has 0 bridgehead atoms. The van der Waals surface area contributed by atoms with E-state index in [2.05, 4.69) is 29.0 Å². The van der Waals surface area contributed by atoms with Gasteiger partial charge < -0.3 is 15.1 Å². The van der Waals surface area contributed by atoms with Gasteiger partial charge in [-0.15, -0.1) is 0 Å². The fourth-order valence-corrected chi connectivity index (χ4v) is 3.07. The number of nitrogens with zero attached hydrogens (tertiary/aromatic N) is 2. The Labute approximate surface area is 123 Å². The predicted molar refractivity (Wildman–Crippen MR) is 82.7 cm³/mol. The minimum absolute atomic E-state index is 0.266. The van der Waals surface area contributed by atoms with Crippen molar-refractivity contribution in [1.29, 1.82) is 0 Å². The molecule has 0 spiro atoms. The Hall–Kier alpha value is -0.870. The zero-order valence-electron chi connectivity index (χ0n) is 13.2. The highest BCUT2D eigenvalue weighted by molar-refractivity contribution is 5.94. The first-order valence-corrected chi connectivity index (χ1v) is 8.06. The van der Waals surface area contributed by atoms with E-state index < -0.39 is 0 Å². The Balaban J connectivity index is 1.80. The first-order chi connectivity index (χ1) is 9.65. The summed E-state index contributed by atoms with van der Waals surface area (Å²) in [6.45, 7) is 13.6. The van der Waals surface area contributed by atoms with Crippen molar-refractivity contribution in [1.82, 2.24) is 15.1 Å². The van der Waals surface area contributed by atoms with Gasteiger partial charge in [-0.3, -0.25) is 4.79 Å². The van der Waals surface area contributed by atoms with E-state index in [1.54, 1.807) is 0 Å². The second kappa shape index (κ2) is 7.23. The molecule has 2 saturated heterocycles. The van der Waals surface area contributed by atoms with Gasteiger partial charge in [-0.05, 0) is 44.3 Å². The molecular weight excluding hydrogens is 250 g/mol. The zero-order chi connectivity index (χ0) is 14.5. The van der Waals surface area contributed by atoms with Gasteiger partial charge in [0.2, 0.25) is 5.91 Å². The van der Waals surface area contributed by atoms with Crippen molar-refractivity contribution in [2.45, 2.75) is 33.6 Å².